The van der Waals surface area contributed by atoms with Crippen molar-refractivity contribution in [3.05, 3.63) is 30.5 Å². The largest absolute Gasteiger partial charge is 0.370 e. The number of nitrogens with zero attached hydrogens (tertiary/aromatic N) is 3. The van der Waals surface area contributed by atoms with Crippen LogP contribution in [0.1, 0.15) is 51.9 Å². The van der Waals surface area contributed by atoms with E-state index in [4.69, 9.17) is 0 Å². The maximum absolute atomic E-state index is 12.8. The van der Waals surface area contributed by atoms with Gasteiger partial charge < -0.3 is 31.5 Å². The highest BCUT2D eigenvalue weighted by atomic mass is 16.2. The second kappa shape index (κ2) is 12.6. The smallest absolute Gasteiger partial charge is 0.321 e. The summed E-state index contributed by atoms with van der Waals surface area (Å²) < 4.78 is 0. The molecule has 4 rings (SSSR count). The lowest BCUT2D eigenvalue weighted by Crippen LogP contribution is -2.56. The van der Waals surface area contributed by atoms with Gasteiger partial charge in [-0.05, 0) is 55.8 Å². The van der Waals surface area contributed by atoms with Gasteiger partial charge in [0.1, 0.15) is 19.2 Å². The Hall–Kier alpha value is -3.83. The Bertz CT molecular complexity index is 1150. The molecule has 0 atom stereocenters. The molecule has 1 aromatic heterocycles. The fraction of sp³-hybridized carbons (Fsp3) is 0.500. The van der Waals surface area contributed by atoms with Crippen LogP contribution in [-0.4, -0.2) is 72.3 Å². The summed E-state index contributed by atoms with van der Waals surface area (Å²) in [5.74, 6) is 0.866. The lowest BCUT2D eigenvalue weighted by atomic mass is 9.96. The molecule has 12 heteroatoms. The van der Waals surface area contributed by atoms with E-state index in [9.17, 15) is 14.4 Å². The Kier molecular flexibility index (Phi) is 9.04. The number of hydrogen-bond donors (Lipinski definition) is 5. The van der Waals surface area contributed by atoms with Crippen LogP contribution in [0.3, 0.4) is 0 Å². The molecule has 202 valence electrons. The third-order valence-corrected chi connectivity index (χ3v) is 6.97. The molecular formula is C26H37BN8O3. The molecule has 1 aliphatic carbocycles. The molecule has 2 aromatic rings. The fourth-order valence-electron chi connectivity index (χ4n) is 5.00. The van der Waals surface area contributed by atoms with Crippen LogP contribution in [0.25, 0.3) is 0 Å². The molecule has 1 saturated carbocycles. The summed E-state index contributed by atoms with van der Waals surface area (Å²) in [6, 6.07) is 7.38. The Morgan fingerprint density at radius 2 is 1.79 bits per heavy atom. The maximum Gasteiger partial charge on any atom is 0.321 e. The predicted molar refractivity (Wildman–Crippen MR) is 151 cm³/mol. The Morgan fingerprint density at radius 3 is 2.53 bits per heavy atom. The average molecular weight is 520 g/mol. The number of hydrogen-bond acceptors (Lipinski definition) is 7. The normalized spacial score (nSPS) is 16.1. The van der Waals surface area contributed by atoms with Gasteiger partial charge in [0.2, 0.25) is 17.8 Å². The van der Waals surface area contributed by atoms with Crippen molar-refractivity contribution in [1.82, 2.24) is 25.5 Å². The predicted octanol–water partition coefficient (Wildman–Crippen LogP) is 1.47. The highest BCUT2D eigenvalue weighted by molar-refractivity contribution is 6.35. The third-order valence-electron chi connectivity index (χ3n) is 6.97. The molecule has 0 bridgehead atoms. The number of carbonyl (C=O) groups excluding carboxylic acids is 3. The van der Waals surface area contributed by atoms with Gasteiger partial charge in [0, 0.05) is 50.7 Å². The minimum Gasteiger partial charge on any atom is -0.370 e. The van der Waals surface area contributed by atoms with Crippen LogP contribution >= 0.6 is 0 Å². The molecule has 0 spiro atoms. The molecule has 4 amide bonds. The first-order valence-electron chi connectivity index (χ1n) is 13.4. The number of anilines is 4. The maximum atomic E-state index is 12.8. The Morgan fingerprint density at radius 1 is 1.05 bits per heavy atom. The lowest BCUT2D eigenvalue weighted by molar-refractivity contribution is -0.132. The van der Waals surface area contributed by atoms with Gasteiger partial charge in [-0.1, -0.05) is 18.9 Å². The SMILES string of the molecule is Bc1cnc(Nc2cccc(NC(=O)N3CCCC3)c2)nc1NCCCNC(=O)C1(NC(C)=O)CCCC1. The topological polar surface area (TPSA) is 140 Å². The number of carbonyl (C=O) groups is 3. The molecule has 1 aromatic carbocycles. The van der Waals surface area contributed by atoms with Crippen molar-refractivity contribution in [1.29, 1.82) is 0 Å². The van der Waals surface area contributed by atoms with Gasteiger partial charge in [-0.15, -0.1) is 0 Å². The molecule has 38 heavy (non-hydrogen) atoms. The van der Waals surface area contributed by atoms with Crippen molar-refractivity contribution in [2.75, 3.05) is 42.1 Å². The number of aromatic nitrogens is 2. The quantitative estimate of drug-likeness (QED) is 0.236. The third kappa shape index (κ3) is 7.14. The van der Waals surface area contributed by atoms with E-state index in [1.807, 2.05) is 37.0 Å². The number of rotatable bonds is 10. The minimum atomic E-state index is -0.767. The van der Waals surface area contributed by atoms with E-state index in [0.29, 0.717) is 49.8 Å². The van der Waals surface area contributed by atoms with Crippen LogP contribution in [0, 0.1) is 0 Å². The lowest BCUT2D eigenvalue weighted by Gasteiger charge is -2.28. The first-order chi connectivity index (χ1) is 18.3. The molecule has 0 unspecified atom stereocenters. The molecular weight excluding hydrogens is 483 g/mol. The number of urea groups is 1. The number of benzene rings is 1. The average Bonchev–Trinajstić information content (AvgIpc) is 3.59. The van der Waals surface area contributed by atoms with Gasteiger partial charge in [-0.25, -0.2) is 9.78 Å². The van der Waals surface area contributed by atoms with E-state index in [-0.39, 0.29) is 17.8 Å². The zero-order chi connectivity index (χ0) is 27.0. The van der Waals surface area contributed by atoms with Gasteiger partial charge in [-0.3, -0.25) is 9.59 Å². The molecule has 2 fully saturated rings. The van der Waals surface area contributed by atoms with Gasteiger partial charge in [0.05, 0.1) is 0 Å². The van der Waals surface area contributed by atoms with Crippen molar-refractivity contribution >= 4 is 54.3 Å². The van der Waals surface area contributed by atoms with E-state index < -0.39 is 5.54 Å². The number of amides is 4. The van der Waals surface area contributed by atoms with E-state index in [2.05, 4.69) is 36.6 Å². The van der Waals surface area contributed by atoms with Crippen molar-refractivity contribution in [2.24, 2.45) is 0 Å². The van der Waals surface area contributed by atoms with Crippen LogP contribution in [0.15, 0.2) is 30.5 Å². The second-order valence-electron chi connectivity index (χ2n) is 10.1. The van der Waals surface area contributed by atoms with Crippen molar-refractivity contribution < 1.29 is 14.4 Å². The molecule has 1 saturated heterocycles. The Balaban J connectivity index is 1.26. The van der Waals surface area contributed by atoms with E-state index in [0.717, 1.165) is 49.9 Å². The van der Waals surface area contributed by atoms with Gasteiger partial charge in [0.25, 0.3) is 0 Å². The first-order valence-corrected chi connectivity index (χ1v) is 13.4. The monoisotopic (exact) mass is 520 g/mol. The summed E-state index contributed by atoms with van der Waals surface area (Å²) in [6.07, 6.45) is 7.78. The highest BCUT2D eigenvalue weighted by Crippen LogP contribution is 2.30. The summed E-state index contributed by atoms with van der Waals surface area (Å²) in [4.78, 5) is 47.5. The van der Waals surface area contributed by atoms with Crippen molar-refractivity contribution in [2.45, 2.75) is 57.4 Å². The highest BCUT2D eigenvalue weighted by Gasteiger charge is 2.41. The minimum absolute atomic E-state index is 0.0811. The van der Waals surface area contributed by atoms with Gasteiger partial charge in [-0.2, -0.15) is 4.98 Å². The number of nitrogens with one attached hydrogen (secondary N) is 5. The van der Waals surface area contributed by atoms with E-state index in [1.54, 1.807) is 6.20 Å². The fourth-order valence-corrected chi connectivity index (χ4v) is 5.00. The van der Waals surface area contributed by atoms with E-state index >= 15 is 0 Å². The molecule has 11 nitrogen and oxygen atoms in total. The van der Waals surface area contributed by atoms with Gasteiger partial charge in [0.15, 0.2) is 0 Å². The molecule has 2 heterocycles. The van der Waals surface area contributed by atoms with Crippen LogP contribution < -0.4 is 32.0 Å². The van der Waals surface area contributed by atoms with Crippen molar-refractivity contribution in [3.63, 3.8) is 0 Å². The van der Waals surface area contributed by atoms with Crippen LogP contribution in [0.2, 0.25) is 0 Å². The van der Waals surface area contributed by atoms with Crippen LogP contribution in [0.4, 0.5) is 27.9 Å². The Labute approximate surface area is 224 Å². The van der Waals surface area contributed by atoms with Crippen LogP contribution in [-0.2, 0) is 9.59 Å². The summed E-state index contributed by atoms with van der Waals surface area (Å²) in [7, 11) is 1.93. The summed E-state index contributed by atoms with van der Waals surface area (Å²) >= 11 is 0. The summed E-state index contributed by atoms with van der Waals surface area (Å²) in [5, 5.41) is 15.3. The standard InChI is InChI=1S/C26H37BN8O3/c1-18(36)34-26(10-2-3-11-26)23(37)29-13-7-12-28-22-21(27)17-30-24(33-22)31-19-8-6-9-20(16-19)32-25(38)35-14-4-5-15-35/h6,8-9,16-17H,2-5,7,10-15,27H2,1H3,(H,29,37)(H,32,38)(H,34,36)(H2,28,30,31,33). The first kappa shape index (κ1) is 27.2. The van der Waals surface area contributed by atoms with Gasteiger partial charge >= 0.3 is 6.03 Å². The zero-order valence-electron chi connectivity index (χ0n) is 22.2. The van der Waals surface area contributed by atoms with E-state index in [1.165, 1.54) is 6.92 Å². The number of likely N-dealkylation sites (tertiary alicyclic amines) is 1. The molecule has 1 aliphatic heterocycles. The molecule has 5 N–H and O–H groups in total. The van der Waals surface area contributed by atoms with Crippen molar-refractivity contribution in [3.8, 4) is 0 Å². The zero-order valence-corrected chi connectivity index (χ0v) is 22.2. The van der Waals surface area contributed by atoms with Crippen LogP contribution in [0.5, 0.6) is 0 Å². The summed E-state index contributed by atoms with van der Waals surface area (Å²) in [5.41, 5.74) is 1.61. The summed E-state index contributed by atoms with van der Waals surface area (Å²) in [6.45, 7) is 4.15. The second-order valence-corrected chi connectivity index (χ2v) is 10.1. The molecule has 0 radical (unpaired) electrons. The molecule has 2 aliphatic rings.